The first-order valence-electron chi connectivity index (χ1n) is 9.48. The number of thiocarbonyl (C=S) groups is 1. The Morgan fingerprint density at radius 2 is 2.17 bits per heavy atom. The Morgan fingerprint density at radius 3 is 2.97 bits per heavy atom. The Kier molecular flexibility index (Phi) is 6.05. The van der Waals surface area contributed by atoms with Gasteiger partial charge in [0.05, 0.1) is 19.2 Å². The number of carbonyl (C=O) groups is 1. The summed E-state index contributed by atoms with van der Waals surface area (Å²) in [6.45, 7) is 0.386. The minimum atomic E-state index is -0.364. The van der Waals surface area contributed by atoms with Crippen LogP contribution >= 0.6 is 23.6 Å². The summed E-state index contributed by atoms with van der Waals surface area (Å²) in [5, 5.41) is 11.3. The quantitative estimate of drug-likeness (QED) is 0.454. The molecule has 10 heteroatoms. The lowest BCUT2D eigenvalue weighted by molar-refractivity contribution is 0.0601. The lowest BCUT2D eigenvalue weighted by Crippen LogP contribution is -2.21. The molecule has 1 aliphatic rings. The molecule has 3 aromatic rings. The van der Waals surface area contributed by atoms with Crippen LogP contribution in [0.15, 0.2) is 30.6 Å². The molecular formula is C20H20FN5O2S2. The summed E-state index contributed by atoms with van der Waals surface area (Å²) < 4.78 is 19.9. The third kappa shape index (κ3) is 4.49. The molecule has 4 rings (SSSR count). The van der Waals surface area contributed by atoms with Crippen LogP contribution in [0.2, 0.25) is 0 Å². The fourth-order valence-electron chi connectivity index (χ4n) is 3.46. The molecule has 2 heterocycles. The third-order valence-corrected chi connectivity index (χ3v) is 6.19. The lowest BCUT2D eigenvalue weighted by atomic mass is 9.95. The maximum absolute atomic E-state index is 13.3. The van der Waals surface area contributed by atoms with E-state index in [1.165, 1.54) is 35.5 Å². The van der Waals surface area contributed by atoms with Crippen LogP contribution in [0.25, 0.3) is 0 Å². The van der Waals surface area contributed by atoms with Gasteiger partial charge in [-0.2, -0.15) is 0 Å². The van der Waals surface area contributed by atoms with E-state index < -0.39 is 0 Å². The zero-order valence-electron chi connectivity index (χ0n) is 16.3. The van der Waals surface area contributed by atoms with Gasteiger partial charge in [0.2, 0.25) is 5.95 Å². The molecule has 1 aromatic carbocycles. The number of hydrogen-bond acceptors (Lipinski definition) is 6. The Balaban J connectivity index is 1.45. The first kappa shape index (κ1) is 20.4. The van der Waals surface area contributed by atoms with Gasteiger partial charge in [-0.05, 0) is 61.2 Å². The minimum absolute atomic E-state index is 0.280. The number of aryl methyl sites for hydroxylation is 1. The molecule has 0 fully saturated rings. The summed E-state index contributed by atoms with van der Waals surface area (Å²) in [4.78, 5) is 17.7. The summed E-state index contributed by atoms with van der Waals surface area (Å²) in [5.74, 6) is -0.349. The van der Waals surface area contributed by atoms with Gasteiger partial charge in [-0.1, -0.05) is 12.1 Å². The fraction of sp³-hybridized carbons (Fsp3) is 0.300. The smallest absolute Gasteiger partial charge is 0.341 e. The maximum Gasteiger partial charge on any atom is 0.341 e. The topological polar surface area (TPSA) is 81.1 Å². The molecule has 2 aromatic heterocycles. The van der Waals surface area contributed by atoms with Crippen LogP contribution in [0.4, 0.5) is 15.3 Å². The van der Waals surface area contributed by atoms with Crippen LogP contribution in [-0.4, -0.2) is 33.0 Å². The molecule has 0 spiro atoms. The number of nitrogens with one attached hydrogen (secondary N) is 2. The maximum atomic E-state index is 13.3. The van der Waals surface area contributed by atoms with Crippen LogP contribution in [0.3, 0.4) is 0 Å². The summed E-state index contributed by atoms with van der Waals surface area (Å²) in [6.07, 6.45) is 5.53. The molecule has 0 bridgehead atoms. The molecule has 0 radical (unpaired) electrons. The Morgan fingerprint density at radius 1 is 1.33 bits per heavy atom. The van der Waals surface area contributed by atoms with Gasteiger partial charge in [0, 0.05) is 4.88 Å². The van der Waals surface area contributed by atoms with E-state index in [1.807, 2.05) is 6.07 Å². The number of methoxy groups -OCH3 is 1. The van der Waals surface area contributed by atoms with Crippen LogP contribution in [0, 0.1) is 5.82 Å². The largest absolute Gasteiger partial charge is 0.465 e. The van der Waals surface area contributed by atoms with E-state index >= 15 is 0 Å². The van der Waals surface area contributed by atoms with Gasteiger partial charge in [0.1, 0.15) is 17.1 Å². The van der Waals surface area contributed by atoms with Gasteiger partial charge in [-0.15, -0.1) is 16.4 Å². The van der Waals surface area contributed by atoms with Gasteiger partial charge in [-0.25, -0.2) is 18.9 Å². The SMILES string of the molecule is COC(=O)c1c(NC(=S)Nc2ncn(Cc3cccc(F)c3)n2)sc2c1CCCC2. The van der Waals surface area contributed by atoms with Crippen molar-refractivity contribution in [1.82, 2.24) is 14.8 Å². The first-order valence-corrected chi connectivity index (χ1v) is 10.7. The second-order valence-electron chi connectivity index (χ2n) is 6.88. The van der Waals surface area contributed by atoms with Crippen molar-refractivity contribution in [3.63, 3.8) is 0 Å². The number of benzene rings is 1. The molecule has 2 N–H and O–H groups in total. The number of rotatable bonds is 5. The number of anilines is 2. The molecule has 156 valence electrons. The number of thiophene rings is 1. The predicted octanol–water partition coefficient (Wildman–Crippen LogP) is 4.00. The van der Waals surface area contributed by atoms with Gasteiger partial charge in [0.25, 0.3) is 0 Å². The van der Waals surface area contributed by atoms with Gasteiger partial charge in [-0.3, -0.25) is 5.32 Å². The summed E-state index contributed by atoms with van der Waals surface area (Å²) >= 11 is 6.92. The predicted molar refractivity (Wildman–Crippen MR) is 118 cm³/mol. The third-order valence-electron chi connectivity index (χ3n) is 4.78. The van der Waals surface area contributed by atoms with Crippen molar-refractivity contribution in [3.8, 4) is 0 Å². The van der Waals surface area contributed by atoms with Crippen molar-refractivity contribution < 1.29 is 13.9 Å². The highest BCUT2D eigenvalue weighted by molar-refractivity contribution is 7.80. The van der Waals surface area contributed by atoms with Crippen LogP contribution < -0.4 is 10.6 Å². The Bertz CT molecular complexity index is 1090. The van der Waals surface area contributed by atoms with Crippen molar-refractivity contribution in [2.75, 3.05) is 17.7 Å². The van der Waals surface area contributed by atoms with E-state index in [0.717, 1.165) is 36.8 Å². The minimum Gasteiger partial charge on any atom is -0.465 e. The van der Waals surface area contributed by atoms with Crippen molar-refractivity contribution in [2.24, 2.45) is 0 Å². The van der Waals surface area contributed by atoms with E-state index in [2.05, 4.69) is 20.7 Å². The van der Waals surface area contributed by atoms with E-state index in [-0.39, 0.29) is 16.9 Å². The Hall–Kier alpha value is -2.85. The number of ether oxygens (including phenoxy) is 1. The van der Waals surface area contributed by atoms with Crippen LogP contribution in [0.1, 0.15) is 39.2 Å². The normalized spacial score (nSPS) is 12.9. The number of fused-ring (bicyclic) bond motifs is 1. The first-order chi connectivity index (χ1) is 14.5. The van der Waals surface area contributed by atoms with Crippen LogP contribution in [0.5, 0.6) is 0 Å². The highest BCUT2D eigenvalue weighted by atomic mass is 32.1. The van der Waals surface area contributed by atoms with Gasteiger partial charge >= 0.3 is 5.97 Å². The standard InChI is InChI=1S/C20H20FN5O2S2/c1-28-18(27)16-14-7-2-3-8-15(14)30-17(16)23-20(29)24-19-22-11-26(25-19)10-12-5-4-6-13(21)9-12/h4-6,9,11H,2-3,7-8,10H2,1H3,(H2,23,24,25,29). The molecule has 0 atom stereocenters. The molecule has 0 saturated heterocycles. The average Bonchev–Trinajstić information content (AvgIpc) is 3.31. The monoisotopic (exact) mass is 445 g/mol. The molecule has 0 unspecified atom stereocenters. The van der Waals surface area contributed by atoms with E-state index in [0.29, 0.717) is 23.1 Å². The highest BCUT2D eigenvalue weighted by Gasteiger charge is 2.26. The lowest BCUT2D eigenvalue weighted by Gasteiger charge is -2.12. The van der Waals surface area contributed by atoms with Crippen molar-refractivity contribution >= 4 is 45.6 Å². The van der Waals surface area contributed by atoms with Crippen molar-refractivity contribution in [1.29, 1.82) is 0 Å². The summed E-state index contributed by atoms with van der Waals surface area (Å²) in [5.41, 5.74) is 2.39. The number of aromatic nitrogens is 3. The summed E-state index contributed by atoms with van der Waals surface area (Å²) in [6, 6.07) is 6.32. The molecule has 1 aliphatic carbocycles. The molecule has 0 aliphatic heterocycles. The molecule has 0 saturated carbocycles. The number of halogens is 1. The van der Waals surface area contributed by atoms with Crippen LogP contribution in [-0.2, 0) is 24.1 Å². The zero-order valence-corrected chi connectivity index (χ0v) is 17.9. The van der Waals surface area contributed by atoms with Gasteiger partial charge < -0.3 is 10.1 Å². The molecule has 30 heavy (non-hydrogen) atoms. The second kappa shape index (κ2) is 8.88. The van der Waals surface area contributed by atoms with E-state index in [4.69, 9.17) is 17.0 Å². The molecule has 7 nitrogen and oxygen atoms in total. The van der Waals surface area contributed by atoms with Crippen molar-refractivity contribution in [3.05, 3.63) is 58.0 Å². The number of carbonyl (C=O) groups excluding carboxylic acids is 1. The highest BCUT2D eigenvalue weighted by Crippen LogP contribution is 2.38. The zero-order chi connectivity index (χ0) is 21.1. The Labute approximate surface area is 182 Å². The van der Waals surface area contributed by atoms with Crippen molar-refractivity contribution in [2.45, 2.75) is 32.2 Å². The number of hydrogen-bond donors (Lipinski definition) is 2. The summed E-state index contributed by atoms with van der Waals surface area (Å²) in [7, 11) is 1.38. The molecule has 0 amide bonds. The number of esters is 1. The van der Waals surface area contributed by atoms with E-state index in [9.17, 15) is 9.18 Å². The van der Waals surface area contributed by atoms with E-state index in [1.54, 1.807) is 17.1 Å². The molecular weight excluding hydrogens is 425 g/mol. The second-order valence-corrected chi connectivity index (χ2v) is 8.39. The number of nitrogens with zero attached hydrogens (tertiary/aromatic N) is 3. The van der Waals surface area contributed by atoms with Gasteiger partial charge in [0.15, 0.2) is 5.11 Å². The average molecular weight is 446 g/mol. The fourth-order valence-corrected chi connectivity index (χ4v) is 5.00.